The van der Waals surface area contributed by atoms with Crippen LogP contribution in [0.3, 0.4) is 0 Å². The molecule has 3 aromatic carbocycles. The second-order valence-corrected chi connectivity index (χ2v) is 5.21. The topological polar surface area (TPSA) is 37.3 Å². The smallest absolute Gasteiger partial charge is 0.193 e. The summed E-state index contributed by atoms with van der Waals surface area (Å²) in [6.45, 7) is 1.93. The molecule has 0 aliphatic rings. The number of hydrogen-bond acceptors (Lipinski definition) is 2. The number of aromatic hydroxyl groups is 1. The van der Waals surface area contributed by atoms with Gasteiger partial charge in [0.2, 0.25) is 0 Å². The van der Waals surface area contributed by atoms with Crippen molar-refractivity contribution in [2.75, 3.05) is 0 Å². The van der Waals surface area contributed by atoms with Crippen molar-refractivity contribution >= 4 is 5.78 Å². The van der Waals surface area contributed by atoms with Crippen LogP contribution in [0, 0.1) is 6.92 Å². The Morgan fingerprint density at radius 1 is 0.727 bits per heavy atom. The van der Waals surface area contributed by atoms with Crippen LogP contribution in [0.25, 0.3) is 11.1 Å². The third-order valence-electron chi connectivity index (χ3n) is 3.76. The minimum Gasteiger partial charge on any atom is -0.507 e. The van der Waals surface area contributed by atoms with E-state index in [1.165, 1.54) is 0 Å². The van der Waals surface area contributed by atoms with Gasteiger partial charge < -0.3 is 5.11 Å². The summed E-state index contributed by atoms with van der Waals surface area (Å²) in [5.41, 5.74) is 3.64. The van der Waals surface area contributed by atoms with Crippen molar-refractivity contribution in [3.8, 4) is 16.9 Å². The molecule has 0 saturated carbocycles. The van der Waals surface area contributed by atoms with Crippen molar-refractivity contribution in [3.05, 3.63) is 89.5 Å². The number of benzene rings is 3. The molecule has 22 heavy (non-hydrogen) atoms. The molecule has 0 aliphatic heterocycles. The van der Waals surface area contributed by atoms with Crippen molar-refractivity contribution in [1.82, 2.24) is 0 Å². The van der Waals surface area contributed by atoms with Crippen molar-refractivity contribution < 1.29 is 9.90 Å². The summed E-state index contributed by atoms with van der Waals surface area (Å²) < 4.78 is 0. The molecule has 0 atom stereocenters. The lowest BCUT2D eigenvalue weighted by atomic mass is 9.92. The Balaban J connectivity index is 2.16. The lowest BCUT2D eigenvalue weighted by Crippen LogP contribution is -2.05. The molecular formula is C20H16O2. The predicted molar refractivity (Wildman–Crippen MR) is 88.2 cm³/mol. The molecule has 0 unspecified atom stereocenters. The van der Waals surface area contributed by atoms with Gasteiger partial charge in [0, 0.05) is 16.7 Å². The number of rotatable bonds is 3. The molecule has 2 nitrogen and oxygen atoms in total. The SMILES string of the molecule is Cc1ccccc1C(=O)c1ccccc1-c1ccccc1O. The van der Waals surface area contributed by atoms with E-state index in [4.69, 9.17) is 0 Å². The van der Waals surface area contributed by atoms with Gasteiger partial charge >= 0.3 is 0 Å². The maximum Gasteiger partial charge on any atom is 0.193 e. The molecule has 0 aliphatic carbocycles. The van der Waals surface area contributed by atoms with Crippen molar-refractivity contribution in [3.63, 3.8) is 0 Å². The van der Waals surface area contributed by atoms with E-state index in [-0.39, 0.29) is 11.5 Å². The average Bonchev–Trinajstić information content (AvgIpc) is 2.55. The van der Waals surface area contributed by atoms with Gasteiger partial charge in [0.1, 0.15) is 5.75 Å². The second kappa shape index (κ2) is 5.86. The number of aryl methyl sites for hydroxylation is 1. The zero-order chi connectivity index (χ0) is 15.5. The summed E-state index contributed by atoms with van der Waals surface area (Å²) in [5, 5.41) is 10.1. The first-order valence-corrected chi connectivity index (χ1v) is 7.16. The van der Waals surface area contributed by atoms with E-state index in [1.807, 2.05) is 61.5 Å². The molecule has 0 radical (unpaired) electrons. The van der Waals surface area contributed by atoms with Crippen LogP contribution in [0.15, 0.2) is 72.8 Å². The lowest BCUT2D eigenvalue weighted by Gasteiger charge is -2.11. The van der Waals surface area contributed by atoms with E-state index in [0.29, 0.717) is 16.7 Å². The van der Waals surface area contributed by atoms with Crippen molar-refractivity contribution in [2.24, 2.45) is 0 Å². The summed E-state index contributed by atoms with van der Waals surface area (Å²) in [6.07, 6.45) is 0. The Bertz CT molecular complexity index is 834. The first-order valence-electron chi connectivity index (χ1n) is 7.16. The molecule has 0 heterocycles. The molecule has 0 bridgehead atoms. The molecule has 1 N–H and O–H groups in total. The van der Waals surface area contributed by atoms with Crippen LogP contribution in [-0.2, 0) is 0 Å². The van der Waals surface area contributed by atoms with Gasteiger partial charge in [-0.3, -0.25) is 4.79 Å². The number of para-hydroxylation sites is 1. The quantitative estimate of drug-likeness (QED) is 0.715. The van der Waals surface area contributed by atoms with E-state index in [9.17, 15) is 9.90 Å². The van der Waals surface area contributed by atoms with Crippen LogP contribution >= 0.6 is 0 Å². The monoisotopic (exact) mass is 288 g/mol. The Hall–Kier alpha value is -2.87. The number of phenols is 1. The van der Waals surface area contributed by atoms with E-state index in [2.05, 4.69) is 0 Å². The van der Waals surface area contributed by atoms with Gasteiger partial charge in [0.25, 0.3) is 0 Å². The Kier molecular flexibility index (Phi) is 3.75. The molecule has 0 amide bonds. The van der Waals surface area contributed by atoms with Gasteiger partial charge in [0.05, 0.1) is 0 Å². The third-order valence-corrected chi connectivity index (χ3v) is 3.76. The molecule has 0 saturated heterocycles. The standard InChI is InChI=1S/C20H16O2/c1-14-8-2-3-9-15(14)20(22)18-12-5-4-10-16(18)17-11-6-7-13-19(17)21/h2-13,21H,1H3. The van der Waals surface area contributed by atoms with Crippen LogP contribution in [0.1, 0.15) is 21.5 Å². The van der Waals surface area contributed by atoms with Gasteiger partial charge in [-0.05, 0) is 24.1 Å². The minimum absolute atomic E-state index is 0.0306. The Morgan fingerprint density at radius 2 is 1.27 bits per heavy atom. The molecule has 3 rings (SSSR count). The molecule has 108 valence electrons. The highest BCUT2D eigenvalue weighted by Gasteiger charge is 2.17. The van der Waals surface area contributed by atoms with Crippen LogP contribution in [0.4, 0.5) is 0 Å². The van der Waals surface area contributed by atoms with E-state index in [0.717, 1.165) is 11.1 Å². The maximum absolute atomic E-state index is 12.9. The second-order valence-electron chi connectivity index (χ2n) is 5.21. The Morgan fingerprint density at radius 3 is 1.95 bits per heavy atom. The molecule has 0 aromatic heterocycles. The third kappa shape index (κ3) is 2.51. The van der Waals surface area contributed by atoms with Gasteiger partial charge in [-0.1, -0.05) is 66.7 Å². The summed E-state index contributed by atoms with van der Waals surface area (Å²) in [5.74, 6) is 0.143. The molecule has 3 aromatic rings. The summed E-state index contributed by atoms with van der Waals surface area (Å²) >= 11 is 0. The number of phenolic OH excluding ortho intramolecular Hbond substituents is 1. The first kappa shape index (κ1) is 14.1. The molecular weight excluding hydrogens is 272 g/mol. The largest absolute Gasteiger partial charge is 0.507 e. The normalized spacial score (nSPS) is 10.4. The van der Waals surface area contributed by atoms with E-state index in [1.54, 1.807) is 18.2 Å². The summed E-state index contributed by atoms with van der Waals surface area (Å²) in [7, 11) is 0. The van der Waals surface area contributed by atoms with Gasteiger partial charge in [0.15, 0.2) is 5.78 Å². The average molecular weight is 288 g/mol. The molecule has 2 heteroatoms. The Labute approximate surface area is 129 Å². The number of hydrogen-bond donors (Lipinski definition) is 1. The van der Waals surface area contributed by atoms with Crippen LogP contribution in [0.5, 0.6) is 5.75 Å². The minimum atomic E-state index is -0.0306. The van der Waals surface area contributed by atoms with E-state index >= 15 is 0 Å². The van der Waals surface area contributed by atoms with Crippen molar-refractivity contribution in [2.45, 2.75) is 6.92 Å². The highest BCUT2D eigenvalue weighted by molar-refractivity contribution is 6.13. The number of ketones is 1. The number of carbonyl (C=O) groups is 1. The number of carbonyl (C=O) groups excluding carboxylic acids is 1. The van der Waals surface area contributed by atoms with Crippen molar-refractivity contribution in [1.29, 1.82) is 0 Å². The highest BCUT2D eigenvalue weighted by atomic mass is 16.3. The summed E-state index contributed by atoms with van der Waals surface area (Å²) in [6, 6.07) is 22.0. The zero-order valence-electron chi connectivity index (χ0n) is 12.3. The van der Waals surface area contributed by atoms with Crippen LogP contribution in [0.2, 0.25) is 0 Å². The highest BCUT2D eigenvalue weighted by Crippen LogP contribution is 2.32. The van der Waals surface area contributed by atoms with Crippen LogP contribution in [-0.4, -0.2) is 10.9 Å². The van der Waals surface area contributed by atoms with Crippen LogP contribution < -0.4 is 0 Å². The fourth-order valence-corrected chi connectivity index (χ4v) is 2.59. The van der Waals surface area contributed by atoms with Gasteiger partial charge in [-0.2, -0.15) is 0 Å². The van der Waals surface area contributed by atoms with Gasteiger partial charge in [-0.25, -0.2) is 0 Å². The predicted octanol–water partition coefficient (Wildman–Crippen LogP) is 4.60. The first-order chi connectivity index (χ1) is 10.7. The summed E-state index contributed by atoms with van der Waals surface area (Å²) in [4.78, 5) is 12.9. The van der Waals surface area contributed by atoms with Gasteiger partial charge in [-0.15, -0.1) is 0 Å². The maximum atomic E-state index is 12.9. The lowest BCUT2D eigenvalue weighted by molar-refractivity contribution is 0.103. The fourth-order valence-electron chi connectivity index (χ4n) is 2.59. The van der Waals surface area contributed by atoms with E-state index < -0.39 is 0 Å². The zero-order valence-corrected chi connectivity index (χ0v) is 12.3. The fraction of sp³-hybridized carbons (Fsp3) is 0.0500. The molecule has 0 spiro atoms. The molecule has 0 fully saturated rings.